The van der Waals surface area contributed by atoms with Gasteiger partial charge in [-0.3, -0.25) is 4.90 Å². The van der Waals surface area contributed by atoms with Crippen LogP contribution in [0.4, 0.5) is 4.79 Å². The summed E-state index contributed by atoms with van der Waals surface area (Å²) in [5.74, 6) is -0.508. The van der Waals surface area contributed by atoms with Gasteiger partial charge in [0.25, 0.3) is 0 Å². The number of hydrogen-bond acceptors (Lipinski definition) is 6. The maximum absolute atomic E-state index is 12.5. The Bertz CT molecular complexity index is 493. The van der Waals surface area contributed by atoms with Gasteiger partial charge in [0.15, 0.2) is 0 Å². The summed E-state index contributed by atoms with van der Waals surface area (Å²) in [5, 5.41) is 10.5. The molecule has 2 aliphatic rings. The number of rotatable bonds is 2. The summed E-state index contributed by atoms with van der Waals surface area (Å²) in [7, 11) is 0. The quantitative estimate of drug-likeness (QED) is 0.771. The highest BCUT2D eigenvalue weighted by atomic mass is 16.6. The summed E-state index contributed by atoms with van der Waals surface area (Å²) in [6.07, 6.45) is 0.280. The average Bonchev–Trinajstić information content (AvgIpc) is 2.89. The Morgan fingerprint density at radius 3 is 2.64 bits per heavy atom. The third kappa shape index (κ3) is 3.41. The molecule has 0 spiro atoms. The normalized spacial score (nSPS) is 28.6. The molecule has 0 radical (unpaired) electrons. The Morgan fingerprint density at radius 2 is 2.14 bits per heavy atom. The van der Waals surface area contributed by atoms with Crippen LogP contribution in [-0.2, 0) is 19.0 Å². The van der Waals surface area contributed by atoms with E-state index in [1.54, 1.807) is 34.6 Å². The summed E-state index contributed by atoms with van der Waals surface area (Å²) in [4.78, 5) is 25.0. The largest absolute Gasteiger partial charge is 0.452 e. The fraction of sp³-hybridized carbons (Fsp3) is 0.733. The number of carbonyl (C=O) groups is 2. The lowest BCUT2D eigenvalue weighted by Gasteiger charge is -2.37. The van der Waals surface area contributed by atoms with Crippen LogP contribution >= 0.6 is 0 Å². The molecule has 1 amide bonds. The number of carbonyl (C=O) groups excluding carboxylic acids is 2. The first-order valence-electron chi connectivity index (χ1n) is 7.24. The number of nitrogens with zero attached hydrogens (tertiary/aromatic N) is 1. The van der Waals surface area contributed by atoms with Crippen LogP contribution in [0.1, 0.15) is 34.6 Å². The van der Waals surface area contributed by atoms with Crippen LogP contribution in [0, 0.1) is 0 Å². The highest BCUT2D eigenvalue weighted by Gasteiger charge is 2.50. The van der Waals surface area contributed by atoms with Gasteiger partial charge >= 0.3 is 12.1 Å². The number of cyclic esters (lactones) is 1. The second-order valence-corrected chi connectivity index (χ2v) is 6.93. The molecule has 2 rings (SSSR count). The molecule has 0 aromatic carbocycles. The number of ether oxygens (including phenoxy) is 3. The first-order chi connectivity index (χ1) is 10.0. The fourth-order valence-electron chi connectivity index (χ4n) is 2.54. The second kappa shape index (κ2) is 5.55. The van der Waals surface area contributed by atoms with Gasteiger partial charge in [0.05, 0.1) is 12.6 Å². The second-order valence-electron chi connectivity index (χ2n) is 6.93. The summed E-state index contributed by atoms with van der Waals surface area (Å²) in [6, 6.07) is -0.662. The molecule has 7 heteroatoms. The number of amides is 1. The van der Waals surface area contributed by atoms with Crippen LogP contribution in [0.15, 0.2) is 12.2 Å². The molecule has 3 atom stereocenters. The first kappa shape index (κ1) is 16.8. The zero-order valence-corrected chi connectivity index (χ0v) is 13.5. The van der Waals surface area contributed by atoms with Crippen LogP contribution in [0.2, 0.25) is 0 Å². The van der Waals surface area contributed by atoms with E-state index in [9.17, 15) is 14.7 Å². The van der Waals surface area contributed by atoms with E-state index in [0.29, 0.717) is 0 Å². The van der Waals surface area contributed by atoms with Crippen LogP contribution in [0.5, 0.6) is 0 Å². The summed E-state index contributed by atoms with van der Waals surface area (Å²) < 4.78 is 16.0. The van der Waals surface area contributed by atoms with Crippen molar-refractivity contribution in [3.8, 4) is 0 Å². The smallest absolute Gasteiger partial charge is 0.412 e. The molecular formula is C15H23NO6. The Hall–Kier alpha value is -1.60. The highest BCUT2D eigenvalue weighted by molar-refractivity contribution is 5.84. The third-order valence-electron chi connectivity index (χ3n) is 3.51. The van der Waals surface area contributed by atoms with E-state index < -0.39 is 41.6 Å². The summed E-state index contributed by atoms with van der Waals surface area (Å²) in [5.41, 5.74) is -1.58. The van der Waals surface area contributed by atoms with Crippen LogP contribution in [0.25, 0.3) is 0 Å². The monoisotopic (exact) mass is 313 g/mol. The standard InChI is InChI=1S/C15H23NO6/c1-14(2,3)22-13(19)16-9(8-20-15(16,4)5)12(18)10-6-7-11(17)21-10/h6-7,9-10,12,18H,8H2,1-5H3/t9-,10-,12-/m1/s1. The van der Waals surface area contributed by atoms with Gasteiger partial charge < -0.3 is 19.3 Å². The van der Waals surface area contributed by atoms with Gasteiger partial charge in [-0.15, -0.1) is 0 Å². The van der Waals surface area contributed by atoms with Gasteiger partial charge in [-0.25, -0.2) is 9.59 Å². The number of hydrogen-bond donors (Lipinski definition) is 1. The predicted octanol–water partition coefficient (Wildman–Crippen LogP) is 1.20. The van der Waals surface area contributed by atoms with Gasteiger partial charge in [-0.1, -0.05) is 0 Å². The molecule has 22 heavy (non-hydrogen) atoms. The van der Waals surface area contributed by atoms with Gasteiger partial charge in [-0.2, -0.15) is 0 Å². The van der Waals surface area contributed by atoms with Gasteiger partial charge in [0.1, 0.15) is 23.5 Å². The van der Waals surface area contributed by atoms with Gasteiger partial charge in [-0.05, 0) is 40.7 Å². The van der Waals surface area contributed by atoms with E-state index in [2.05, 4.69) is 0 Å². The van der Waals surface area contributed by atoms with Crippen molar-refractivity contribution in [2.24, 2.45) is 0 Å². The molecule has 0 bridgehead atoms. The number of aliphatic hydroxyl groups is 1. The van der Waals surface area contributed by atoms with Crippen molar-refractivity contribution >= 4 is 12.1 Å². The molecular weight excluding hydrogens is 290 g/mol. The summed E-state index contributed by atoms with van der Waals surface area (Å²) in [6.45, 7) is 8.88. The molecule has 2 aliphatic heterocycles. The molecule has 124 valence electrons. The minimum absolute atomic E-state index is 0.134. The zero-order valence-electron chi connectivity index (χ0n) is 13.5. The van der Waals surface area contributed by atoms with E-state index >= 15 is 0 Å². The molecule has 0 aliphatic carbocycles. The van der Waals surface area contributed by atoms with Crippen molar-refractivity contribution in [1.29, 1.82) is 0 Å². The van der Waals surface area contributed by atoms with E-state index in [1.807, 2.05) is 0 Å². The molecule has 1 fully saturated rings. The first-order valence-corrected chi connectivity index (χ1v) is 7.24. The van der Waals surface area contributed by atoms with Gasteiger partial charge in [0.2, 0.25) is 0 Å². The minimum atomic E-state index is -1.09. The Labute approximate surface area is 129 Å². The molecule has 0 aromatic heterocycles. The molecule has 7 nitrogen and oxygen atoms in total. The highest BCUT2D eigenvalue weighted by Crippen LogP contribution is 2.32. The topological polar surface area (TPSA) is 85.3 Å². The van der Waals surface area contributed by atoms with Crippen molar-refractivity contribution < 1.29 is 28.9 Å². The average molecular weight is 313 g/mol. The van der Waals surface area contributed by atoms with Gasteiger partial charge in [0, 0.05) is 6.08 Å². The van der Waals surface area contributed by atoms with E-state index in [-0.39, 0.29) is 6.61 Å². The molecule has 0 saturated carbocycles. The van der Waals surface area contributed by atoms with E-state index in [0.717, 1.165) is 0 Å². The van der Waals surface area contributed by atoms with Crippen LogP contribution < -0.4 is 0 Å². The van der Waals surface area contributed by atoms with Crippen molar-refractivity contribution in [2.75, 3.05) is 6.61 Å². The fourth-order valence-corrected chi connectivity index (χ4v) is 2.54. The van der Waals surface area contributed by atoms with E-state index in [4.69, 9.17) is 14.2 Å². The summed E-state index contributed by atoms with van der Waals surface area (Å²) >= 11 is 0. The molecule has 1 saturated heterocycles. The maximum Gasteiger partial charge on any atom is 0.412 e. The SMILES string of the molecule is CC(C)(C)OC(=O)N1[C@@H]([C@@H](O)[C@H]2C=CC(=O)O2)COC1(C)C. The van der Waals surface area contributed by atoms with Crippen molar-refractivity contribution in [2.45, 2.75) is 64.2 Å². The maximum atomic E-state index is 12.5. The zero-order chi connectivity index (χ0) is 16.7. The number of esters is 1. The molecule has 1 N–H and O–H groups in total. The molecule has 0 aromatic rings. The number of aliphatic hydroxyl groups excluding tert-OH is 1. The van der Waals surface area contributed by atoms with Crippen molar-refractivity contribution in [3.05, 3.63) is 12.2 Å². The van der Waals surface area contributed by atoms with Crippen LogP contribution in [0.3, 0.4) is 0 Å². The minimum Gasteiger partial charge on any atom is -0.452 e. The van der Waals surface area contributed by atoms with Crippen LogP contribution in [-0.4, -0.2) is 58.3 Å². The lowest BCUT2D eigenvalue weighted by atomic mass is 10.0. The molecule has 2 heterocycles. The Morgan fingerprint density at radius 1 is 1.50 bits per heavy atom. The van der Waals surface area contributed by atoms with Crippen molar-refractivity contribution in [1.82, 2.24) is 4.90 Å². The predicted molar refractivity (Wildman–Crippen MR) is 76.9 cm³/mol. The Balaban J connectivity index is 2.17. The van der Waals surface area contributed by atoms with E-state index in [1.165, 1.54) is 17.1 Å². The van der Waals surface area contributed by atoms with Crippen molar-refractivity contribution in [3.63, 3.8) is 0 Å². The lowest BCUT2D eigenvalue weighted by molar-refractivity contribution is -0.144. The lowest BCUT2D eigenvalue weighted by Crippen LogP contribution is -2.55. The molecule has 0 unspecified atom stereocenters. The third-order valence-corrected chi connectivity index (χ3v) is 3.51. The Kier molecular flexibility index (Phi) is 4.23.